The van der Waals surface area contributed by atoms with E-state index in [4.69, 9.17) is 5.73 Å². The van der Waals surface area contributed by atoms with Gasteiger partial charge in [-0.25, -0.2) is 0 Å². The van der Waals surface area contributed by atoms with E-state index >= 15 is 0 Å². The number of hydrogen-bond donors (Lipinski definition) is 1. The number of aryl methyl sites for hydroxylation is 1. The summed E-state index contributed by atoms with van der Waals surface area (Å²) in [5.74, 6) is 0.0201. The maximum Gasteiger partial charge on any atom is 0.246 e. The van der Waals surface area contributed by atoms with E-state index in [1.54, 1.807) is 4.90 Å². The highest BCUT2D eigenvalue weighted by Gasteiger charge is 2.42. The molecule has 3 nitrogen and oxygen atoms in total. The van der Waals surface area contributed by atoms with Gasteiger partial charge in [0.2, 0.25) is 5.91 Å². The molecule has 0 bridgehead atoms. The molecule has 0 saturated carbocycles. The summed E-state index contributed by atoms with van der Waals surface area (Å²) in [6.07, 6.45) is 1.02. The molecular formula is C12H16N2O. The van der Waals surface area contributed by atoms with E-state index in [-0.39, 0.29) is 18.0 Å². The summed E-state index contributed by atoms with van der Waals surface area (Å²) >= 11 is 0. The third-order valence-corrected chi connectivity index (χ3v) is 3.07. The normalized spacial score (nSPS) is 25.3. The van der Waals surface area contributed by atoms with Crippen LogP contribution in [0.5, 0.6) is 0 Å². The van der Waals surface area contributed by atoms with Crippen molar-refractivity contribution < 1.29 is 4.79 Å². The lowest BCUT2D eigenvalue weighted by atomic mass is 9.96. The first-order valence-corrected chi connectivity index (χ1v) is 5.32. The Kier molecular flexibility index (Phi) is 2.49. The van der Waals surface area contributed by atoms with Crippen molar-refractivity contribution in [3.05, 3.63) is 29.8 Å². The standard InChI is InChI=1S/C12H16N2O/c1-3-9-4-6-10(7-5-9)14-8(2)11(13)12(14)15/h4-8,11H,3,13H2,1-2H3. The molecule has 1 heterocycles. The molecule has 1 aromatic rings. The molecule has 80 valence electrons. The lowest BCUT2D eigenvalue weighted by Gasteiger charge is -2.43. The molecule has 1 aliphatic heterocycles. The molecule has 1 amide bonds. The SMILES string of the molecule is CCc1ccc(N2C(=O)C(N)C2C)cc1. The summed E-state index contributed by atoms with van der Waals surface area (Å²) in [6, 6.07) is 7.87. The molecular weight excluding hydrogens is 188 g/mol. The Bertz CT molecular complexity index is 372. The second-order valence-electron chi connectivity index (χ2n) is 3.99. The molecule has 1 aromatic carbocycles. The number of hydrogen-bond acceptors (Lipinski definition) is 2. The number of nitrogens with two attached hydrogens (primary N) is 1. The van der Waals surface area contributed by atoms with Gasteiger partial charge in [-0.05, 0) is 31.0 Å². The molecule has 2 rings (SSSR count). The van der Waals surface area contributed by atoms with Gasteiger partial charge in [-0.3, -0.25) is 4.79 Å². The highest BCUT2D eigenvalue weighted by atomic mass is 16.2. The maximum absolute atomic E-state index is 11.5. The van der Waals surface area contributed by atoms with E-state index in [1.165, 1.54) is 5.56 Å². The molecule has 2 unspecified atom stereocenters. The number of anilines is 1. The van der Waals surface area contributed by atoms with Crippen molar-refractivity contribution in [1.29, 1.82) is 0 Å². The van der Waals surface area contributed by atoms with E-state index in [0.29, 0.717) is 0 Å². The third-order valence-electron chi connectivity index (χ3n) is 3.07. The summed E-state index contributed by atoms with van der Waals surface area (Å²) in [4.78, 5) is 13.3. The first kappa shape index (κ1) is 10.2. The van der Waals surface area contributed by atoms with Crippen molar-refractivity contribution in [2.75, 3.05) is 4.90 Å². The van der Waals surface area contributed by atoms with Crippen LogP contribution in [0.15, 0.2) is 24.3 Å². The molecule has 3 heteroatoms. The van der Waals surface area contributed by atoms with Crippen LogP contribution in [-0.2, 0) is 11.2 Å². The highest BCUT2D eigenvalue weighted by molar-refractivity contribution is 6.05. The molecule has 0 aromatic heterocycles. The topological polar surface area (TPSA) is 46.3 Å². The molecule has 2 N–H and O–H groups in total. The average molecular weight is 204 g/mol. The minimum Gasteiger partial charge on any atom is -0.318 e. The Morgan fingerprint density at radius 1 is 1.33 bits per heavy atom. The van der Waals surface area contributed by atoms with Crippen molar-refractivity contribution >= 4 is 11.6 Å². The number of β-lactam (4-membered cyclic amide) rings is 1. The predicted octanol–water partition coefficient (Wildman–Crippen LogP) is 1.31. The van der Waals surface area contributed by atoms with Crippen LogP contribution in [0.3, 0.4) is 0 Å². The van der Waals surface area contributed by atoms with Crippen LogP contribution in [0.4, 0.5) is 5.69 Å². The minimum atomic E-state index is -0.323. The zero-order chi connectivity index (χ0) is 11.0. The number of benzene rings is 1. The first-order valence-electron chi connectivity index (χ1n) is 5.32. The van der Waals surface area contributed by atoms with Gasteiger partial charge >= 0.3 is 0 Å². The van der Waals surface area contributed by atoms with Crippen LogP contribution >= 0.6 is 0 Å². The number of carbonyl (C=O) groups excluding carboxylic acids is 1. The van der Waals surface area contributed by atoms with Crippen molar-refractivity contribution in [2.24, 2.45) is 5.73 Å². The molecule has 1 fully saturated rings. The summed E-state index contributed by atoms with van der Waals surface area (Å²) in [5, 5.41) is 0. The van der Waals surface area contributed by atoms with Gasteiger partial charge in [-0.15, -0.1) is 0 Å². The molecule has 1 saturated heterocycles. The van der Waals surface area contributed by atoms with Gasteiger partial charge < -0.3 is 10.6 Å². The fourth-order valence-electron chi connectivity index (χ4n) is 1.90. The second-order valence-corrected chi connectivity index (χ2v) is 3.99. The van der Waals surface area contributed by atoms with Gasteiger partial charge in [0.15, 0.2) is 0 Å². The van der Waals surface area contributed by atoms with Crippen LogP contribution in [0.2, 0.25) is 0 Å². The quantitative estimate of drug-likeness (QED) is 0.738. The van der Waals surface area contributed by atoms with Crippen LogP contribution in [-0.4, -0.2) is 18.0 Å². The Balaban J connectivity index is 2.20. The number of carbonyl (C=O) groups is 1. The second kappa shape index (κ2) is 3.66. The number of rotatable bonds is 2. The molecule has 2 atom stereocenters. The van der Waals surface area contributed by atoms with E-state index in [2.05, 4.69) is 19.1 Å². The Morgan fingerprint density at radius 3 is 2.40 bits per heavy atom. The smallest absolute Gasteiger partial charge is 0.246 e. The number of amides is 1. The van der Waals surface area contributed by atoms with Gasteiger partial charge in [-0.2, -0.15) is 0 Å². The van der Waals surface area contributed by atoms with Crippen molar-refractivity contribution in [1.82, 2.24) is 0 Å². The van der Waals surface area contributed by atoms with Gasteiger partial charge in [0.25, 0.3) is 0 Å². The van der Waals surface area contributed by atoms with Gasteiger partial charge in [0.1, 0.15) is 6.04 Å². The van der Waals surface area contributed by atoms with Gasteiger partial charge in [0, 0.05) is 5.69 Å². The highest BCUT2D eigenvalue weighted by Crippen LogP contribution is 2.26. The van der Waals surface area contributed by atoms with Crippen molar-refractivity contribution in [3.63, 3.8) is 0 Å². The maximum atomic E-state index is 11.5. The monoisotopic (exact) mass is 204 g/mol. The first-order chi connectivity index (χ1) is 7.15. The van der Waals surface area contributed by atoms with Crippen molar-refractivity contribution in [2.45, 2.75) is 32.4 Å². The minimum absolute atomic E-state index is 0.0201. The largest absolute Gasteiger partial charge is 0.318 e. The fraction of sp³-hybridized carbons (Fsp3) is 0.417. The zero-order valence-corrected chi connectivity index (χ0v) is 9.10. The summed E-state index contributed by atoms with van der Waals surface area (Å²) < 4.78 is 0. The Labute approximate surface area is 89.9 Å². The Hall–Kier alpha value is -1.35. The average Bonchev–Trinajstić information content (AvgIpc) is 2.30. The number of nitrogens with zero attached hydrogens (tertiary/aromatic N) is 1. The molecule has 0 aliphatic carbocycles. The molecule has 15 heavy (non-hydrogen) atoms. The molecule has 1 aliphatic rings. The summed E-state index contributed by atoms with van der Waals surface area (Å²) in [7, 11) is 0. The zero-order valence-electron chi connectivity index (χ0n) is 9.10. The lowest BCUT2D eigenvalue weighted by Crippen LogP contribution is -2.67. The predicted molar refractivity (Wildman–Crippen MR) is 60.7 cm³/mol. The van der Waals surface area contributed by atoms with Crippen molar-refractivity contribution in [3.8, 4) is 0 Å². The van der Waals surface area contributed by atoms with Crippen LogP contribution < -0.4 is 10.6 Å². The van der Waals surface area contributed by atoms with Crippen LogP contribution in [0, 0.1) is 0 Å². The van der Waals surface area contributed by atoms with E-state index < -0.39 is 0 Å². The van der Waals surface area contributed by atoms with E-state index in [1.807, 2.05) is 19.1 Å². The lowest BCUT2D eigenvalue weighted by molar-refractivity contribution is -0.125. The third kappa shape index (κ3) is 1.53. The van der Waals surface area contributed by atoms with Crippen LogP contribution in [0.1, 0.15) is 19.4 Å². The molecule has 0 spiro atoms. The Morgan fingerprint density at radius 2 is 1.93 bits per heavy atom. The van der Waals surface area contributed by atoms with E-state index in [9.17, 15) is 4.79 Å². The van der Waals surface area contributed by atoms with Crippen LogP contribution in [0.25, 0.3) is 0 Å². The summed E-state index contributed by atoms with van der Waals surface area (Å²) in [6.45, 7) is 4.09. The van der Waals surface area contributed by atoms with Gasteiger partial charge in [-0.1, -0.05) is 19.1 Å². The molecule has 0 radical (unpaired) electrons. The fourth-order valence-corrected chi connectivity index (χ4v) is 1.90. The van der Waals surface area contributed by atoms with Gasteiger partial charge in [0.05, 0.1) is 6.04 Å². The summed E-state index contributed by atoms with van der Waals surface area (Å²) in [5.41, 5.74) is 7.89. The van der Waals surface area contributed by atoms with E-state index in [0.717, 1.165) is 12.1 Å².